The number of hydrogen-bond acceptors (Lipinski definition) is 4. The van der Waals surface area contributed by atoms with E-state index >= 15 is 0 Å². The Bertz CT molecular complexity index is 564. The highest BCUT2D eigenvalue weighted by molar-refractivity contribution is 5.44. The van der Waals surface area contributed by atoms with Crippen LogP contribution in [0, 0.1) is 0 Å². The Labute approximate surface area is 112 Å². The van der Waals surface area contributed by atoms with Crippen LogP contribution in [0.1, 0.15) is 23.7 Å². The van der Waals surface area contributed by atoms with Crippen LogP contribution in [0.3, 0.4) is 0 Å². The van der Waals surface area contributed by atoms with E-state index in [0.717, 1.165) is 17.7 Å². The molecule has 1 heterocycles. The fourth-order valence-electron chi connectivity index (χ4n) is 2.08. The minimum Gasteiger partial charge on any atom is -0.504 e. The molecule has 102 valence electrons. The smallest absolute Gasteiger partial charge is 0.161 e. The number of benzene rings is 1. The maximum Gasteiger partial charge on any atom is 0.161 e. The Balaban J connectivity index is 1.98. The maximum atomic E-state index is 9.69. The van der Waals surface area contributed by atoms with Crippen molar-refractivity contribution in [3.05, 3.63) is 41.2 Å². The molecule has 0 unspecified atom stereocenters. The monoisotopic (exact) mass is 261 g/mol. The van der Waals surface area contributed by atoms with E-state index in [0.29, 0.717) is 18.7 Å². The number of phenols is 2. The quantitative estimate of drug-likeness (QED) is 0.716. The van der Waals surface area contributed by atoms with Gasteiger partial charge in [-0.25, -0.2) is 0 Å². The van der Waals surface area contributed by atoms with Gasteiger partial charge < -0.3 is 15.5 Å². The summed E-state index contributed by atoms with van der Waals surface area (Å²) < 4.78 is 1.81. The summed E-state index contributed by atoms with van der Waals surface area (Å²) in [7, 11) is 1.91. The van der Waals surface area contributed by atoms with Gasteiger partial charge in [-0.05, 0) is 12.5 Å². The Morgan fingerprint density at radius 1 is 1.21 bits per heavy atom. The summed E-state index contributed by atoms with van der Waals surface area (Å²) >= 11 is 0. The molecule has 5 heteroatoms. The summed E-state index contributed by atoms with van der Waals surface area (Å²) in [5.41, 5.74) is 2.92. The highest BCUT2D eigenvalue weighted by Crippen LogP contribution is 2.27. The topological polar surface area (TPSA) is 70.3 Å². The van der Waals surface area contributed by atoms with Gasteiger partial charge in [0.05, 0.1) is 5.69 Å². The van der Waals surface area contributed by atoms with Crippen molar-refractivity contribution < 1.29 is 10.2 Å². The van der Waals surface area contributed by atoms with Crippen LogP contribution in [0.15, 0.2) is 24.4 Å². The molecule has 0 saturated heterocycles. The highest BCUT2D eigenvalue weighted by atomic mass is 16.3. The van der Waals surface area contributed by atoms with Crippen LogP contribution in [0.4, 0.5) is 0 Å². The summed E-state index contributed by atoms with van der Waals surface area (Å²) in [5.74, 6) is -0.146. The first-order valence-corrected chi connectivity index (χ1v) is 6.33. The van der Waals surface area contributed by atoms with E-state index in [1.165, 1.54) is 6.07 Å². The van der Waals surface area contributed by atoms with Gasteiger partial charge in [0.15, 0.2) is 11.5 Å². The minimum absolute atomic E-state index is 0.0584. The fraction of sp³-hybridized carbons (Fsp3) is 0.357. The molecule has 0 bridgehead atoms. The molecule has 0 saturated carbocycles. The Morgan fingerprint density at radius 2 is 1.95 bits per heavy atom. The molecule has 0 aliphatic rings. The molecule has 1 aromatic carbocycles. The van der Waals surface area contributed by atoms with Gasteiger partial charge in [-0.2, -0.15) is 5.10 Å². The molecule has 0 atom stereocenters. The van der Waals surface area contributed by atoms with Crippen LogP contribution < -0.4 is 5.32 Å². The number of nitrogens with zero attached hydrogens (tertiary/aromatic N) is 2. The molecule has 3 N–H and O–H groups in total. The molecule has 0 radical (unpaired) electrons. The van der Waals surface area contributed by atoms with Crippen molar-refractivity contribution in [2.45, 2.75) is 26.4 Å². The standard InChI is InChI=1S/C14H19N3O2/c1-3-12-11(9-17(2)16-12)8-15-7-10-5-4-6-13(18)14(10)19/h4-6,9,15,18-19H,3,7-8H2,1-2H3. The molecule has 5 nitrogen and oxygen atoms in total. The summed E-state index contributed by atoms with van der Waals surface area (Å²) in [6, 6.07) is 4.97. The average Bonchev–Trinajstić information content (AvgIpc) is 2.75. The summed E-state index contributed by atoms with van der Waals surface area (Å²) in [5, 5.41) is 26.7. The fourth-order valence-corrected chi connectivity index (χ4v) is 2.08. The third-order valence-electron chi connectivity index (χ3n) is 3.06. The lowest BCUT2D eigenvalue weighted by molar-refractivity contribution is 0.397. The van der Waals surface area contributed by atoms with E-state index < -0.39 is 0 Å². The van der Waals surface area contributed by atoms with E-state index in [-0.39, 0.29) is 11.5 Å². The molecule has 0 fully saturated rings. The van der Waals surface area contributed by atoms with Crippen LogP contribution in [0.5, 0.6) is 11.5 Å². The second kappa shape index (κ2) is 5.75. The number of aromatic nitrogens is 2. The van der Waals surface area contributed by atoms with Gasteiger partial charge in [0.1, 0.15) is 0 Å². The van der Waals surface area contributed by atoms with E-state index in [1.807, 2.05) is 17.9 Å². The molecule has 2 rings (SSSR count). The minimum atomic E-state index is -0.0880. The Morgan fingerprint density at radius 3 is 2.68 bits per heavy atom. The largest absolute Gasteiger partial charge is 0.504 e. The maximum absolute atomic E-state index is 9.69. The average molecular weight is 261 g/mol. The highest BCUT2D eigenvalue weighted by Gasteiger charge is 2.07. The zero-order valence-corrected chi connectivity index (χ0v) is 11.2. The van der Waals surface area contributed by atoms with Gasteiger partial charge >= 0.3 is 0 Å². The lowest BCUT2D eigenvalue weighted by Gasteiger charge is -2.07. The number of para-hydroxylation sites is 1. The number of rotatable bonds is 5. The molecule has 0 amide bonds. The predicted molar refractivity (Wildman–Crippen MR) is 72.9 cm³/mol. The second-order valence-corrected chi connectivity index (χ2v) is 4.52. The Kier molecular flexibility index (Phi) is 4.06. The van der Waals surface area contributed by atoms with Gasteiger partial charge in [-0.3, -0.25) is 4.68 Å². The van der Waals surface area contributed by atoms with Crippen LogP contribution in [-0.2, 0) is 26.6 Å². The number of nitrogens with one attached hydrogen (secondary N) is 1. The first-order valence-electron chi connectivity index (χ1n) is 6.33. The second-order valence-electron chi connectivity index (χ2n) is 4.52. The van der Waals surface area contributed by atoms with Crippen molar-refractivity contribution >= 4 is 0 Å². The van der Waals surface area contributed by atoms with Gasteiger partial charge in [-0.15, -0.1) is 0 Å². The van der Waals surface area contributed by atoms with E-state index in [2.05, 4.69) is 17.3 Å². The van der Waals surface area contributed by atoms with Crippen molar-refractivity contribution in [2.75, 3.05) is 0 Å². The number of phenolic OH excluding ortho intramolecular Hbond substituents is 2. The molecular formula is C14H19N3O2. The lowest BCUT2D eigenvalue weighted by atomic mass is 10.1. The molecule has 19 heavy (non-hydrogen) atoms. The first-order chi connectivity index (χ1) is 9.11. The van der Waals surface area contributed by atoms with Crippen molar-refractivity contribution in [2.24, 2.45) is 7.05 Å². The normalized spacial score (nSPS) is 10.8. The summed E-state index contributed by atoms with van der Waals surface area (Å²) in [4.78, 5) is 0. The van der Waals surface area contributed by atoms with E-state index in [1.54, 1.807) is 12.1 Å². The number of hydrogen-bond donors (Lipinski definition) is 3. The van der Waals surface area contributed by atoms with Gasteiger partial charge in [0.2, 0.25) is 0 Å². The van der Waals surface area contributed by atoms with Crippen LogP contribution in [0.25, 0.3) is 0 Å². The zero-order chi connectivity index (χ0) is 13.8. The summed E-state index contributed by atoms with van der Waals surface area (Å²) in [6.07, 6.45) is 2.89. The summed E-state index contributed by atoms with van der Waals surface area (Å²) in [6.45, 7) is 3.26. The lowest BCUT2D eigenvalue weighted by Crippen LogP contribution is -2.13. The van der Waals surface area contributed by atoms with Crippen LogP contribution in [0.2, 0.25) is 0 Å². The molecule has 2 aromatic rings. The van der Waals surface area contributed by atoms with Crippen LogP contribution in [-0.4, -0.2) is 20.0 Å². The number of aryl methyl sites for hydroxylation is 2. The van der Waals surface area contributed by atoms with Crippen molar-refractivity contribution in [3.63, 3.8) is 0 Å². The zero-order valence-electron chi connectivity index (χ0n) is 11.2. The SMILES string of the molecule is CCc1nn(C)cc1CNCc1cccc(O)c1O. The molecular weight excluding hydrogens is 242 g/mol. The van der Waals surface area contributed by atoms with Crippen molar-refractivity contribution in [3.8, 4) is 11.5 Å². The number of aromatic hydroxyl groups is 2. The Hall–Kier alpha value is -2.01. The van der Waals surface area contributed by atoms with Crippen molar-refractivity contribution in [1.82, 2.24) is 15.1 Å². The van der Waals surface area contributed by atoms with Crippen molar-refractivity contribution in [1.29, 1.82) is 0 Å². The predicted octanol–water partition coefficient (Wildman–Crippen LogP) is 1.68. The molecule has 0 spiro atoms. The third kappa shape index (κ3) is 3.06. The molecule has 1 aromatic heterocycles. The molecule has 0 aliphatic heterocycles. The van der Waals surface area contributed by atoms with Gasteiger partial charge in [-0.1, -0.05) is 19.1 Å². The molecule has 0 aliphatic carbocycles. The first kappa shape index (κ1) is 13.4. The van der Waals surface area contributed by atoms with Gasteiger partial charge in [0.25, 0.3) is 0 Å². The van der Waals surface area contributed by atoms with E-state index in [4.69, 9.17) is 0 Å². The van der Waals surface area contributed by atoms with Gasteiger partial charge in [0, 0.05) is 37.5 Å². The van der Waals surface area contributed by atoms with Crippen LogP contribution >= 0.6 is 0 Å². The van der Waals surface area contributed by atoms with E-state index in [9.17, 15) is 10.2 Å². The third-order valence-corrected chi connectivity index (χ3v) is 3.06.